The number of nitriles is 1. The van der Waals surface area contributed by atoms with Gasteiger partial charge >= 0.3 is 18.4 Å². The SMILES string of the molecule is C[C@@H](Cc1ccc(C(F)(F)F)cc1)N(NC(=O)OC(C)(C)Cc1nc(C#N)c(Br)s1)C(=O)OC(C)(C)C. The molecular weight excluding hydrogens is 577 g/mol. The molecule has 202 valence electrons. The van der Waals surface area contributed by atoms with Crippen LogP contribution in [-0.2, 0) is 28.5 Å². The number of nitrogens with zero attached hydrogens (tertiary/aromatic N) is 3. The molecule has 0 fully saturated rings. The number of hydrazine groups is 1. The minimum atomic E-state index is -4.46. The highest BCUT2D eigenvalue weighted by atomic mass is 79.9. The van der Waals surface area contributed by atoms with Crippen LogP contribution in [0.1, 0.15) is 63.4 Å². The van der Waals surface area contributed by atoms with Crippen molar-refractivity contribution in [3.8, 4) is 6.07 Å². The van der Waals surface area contributed by atoms with Crippen molar-refractivity contribution in [3.63, 3.8) is 0 Å². The summed E-state index contributed by atoms with van der Waals surface area (Å²) in [4.78, 5) is 29.9. The molecule has 8 nitrogen and oxygen atoms in total. The van der Waals surface area contributed by atoms with Gasteiger partial charge in [-0.3, -0.25) is 0 Å². The molecule has 0 saturated heterocycles. The van der Waals surface area contributed by atoms with Gasteiger partial charge in [-0.05, 0) is 81.6 Å². The third-order valence-corrected chi connectivity index (χ3v) is 6.44. The van der Waals surface area contributed by atoms with E-state index in [1.54, 1.807) is 41.5 Å². The van der Waals surface area contributed by atoms with Crippen LogP contribution in [0.2, 0.25) is 0 Å². The molecule has 0 radical (unpaired) electrons. The van der Waals surface area contributed by atoms with Crippen molar-refractivity contribution in [1.29, 1.82) is 5.26 Å². The Kier molecular flexibility index (Phi) is 9.59. The largest absolute Gasteiger partial charge is 0.442 e. The van der Waals surface area contributed by atoms with E-state index >= 15 is 0 Å². The van der Waals surface area contributed by atoms with Crippen molar-refractivity contribution >= 4 is 39.5 Å². The Bertz CT molecular complexity index is 1150. The van der Waals surface area contributed by atoms with Gasteiger partial charge in [0, 0.05) is 6.42 Å². The highest BCUT2D eigenvalue weighted by molar-refractivity contribution is 9.11. The van der Waals surface area contributed by atoms with Crippen LogP contribution in [0.4, 0.5) is 22.8 Å². The van der Waals surface area contributed by atoms with Crippen LogP contribution in [0, 0.1) is 11.3 Å². The number of alkyl halides is 3. The number of halogens is 4. The van der Waals surface area contributed by atoms with Gasteiger partial charge in [-0.15, -0.1) is 11.3 Å². The Morgan fingerprint density at radius 1 is 1.16 bits per heavy atom. The maximum Gasteiger partial charge on any atom is 0.429 e. The predicted molar refractivity (Wildman–Crippen MR) is 135 cm³/mol. The van der Waals surface area contributed by atoms with E-state index in [9.17, 15) is 22.8 Å². The third-order valence-electron chi connectivity index (χ3n) is 4.74. The summed E-state index contributed by atoms with van der Waals surface area (Å²) < 4.78 is 50.1. The highest BCUT2D eigenvalue weighted by Gasteiger charge is 2.33. The van der Waals surface area contributed by atoms with Gasteiger partial charge in [-0.25, -0.2) is 25.0 Å². The van der Waals surface area contributed by atoms with Crippen molar-refractivity contribution < 1.29 is 32.2 Å². The van der Waals surface area contributed by atoms with Crippen molar-refractivity contribution in [2.75, 3.05) is 0 Å². The molecule has 1 N–H and O–H groups in total. The zero-order valence-corrected chi connectivity index (χ0v) is 23.6. The normalized spacial score (nSPS) is 12.9. The molecule has 0 spiro atoms. The first-order chi connectivity index (χ1) is 16.9. The van der Waals surface area contributed by atoms with Crippen LogP contribution < -0.4 is 5.43 Å². The topological polar surface area (TPSA) is 105 Å². The Morgan fingerprint density at radius 3 is 2.24 bits per heavy atom. The van der Waals surface area contributed by atoms with Crippen LogP contribution in [-0.4, -0.2) is 39.4 Å². The van der Waals surface area contributed by atoms with Crippen molar-refractivity contribution in [2.24, 2.45) is 0 Å². The molecule has 2 rings (SSSR count). The molecule has 2 amide bonds. The number of carbonyl (C=O) groups excluding carboxylic acids is 2. The molecular formula is C24H28BrF3N4O4S. The fourth-order valence-electron chi connectivity index (χ4n) is 3.17. The van der Waals surface area contributed by atoms with Gasteiger partial charge in [0.05, 0.1) is 16.6 Å². The Morgan fingerprint density at radius 2 is 1.76 bits per heavy atom. The first kappa shape index (κ1) is 30.4. The van der Waals surface area contributed by atoms with Gasteiger partial charge in [-0.1, -0.05) is 12.1 Å². The number of ether oxygens (including phenoxy) is 2. The zero-order chi connectivity index (χ0) is 28.2. The zero-order valence-electron chi connectivity index (χ0n) is 21.2. The second kappa shape index (κ2) is 11.7. The molecule has 1 heterocycles. The number of benzene rings is 1. The van der Waals surface area contributed by atoms with Gasteiger partial charge in [-0.2, -0.15) is 18.4 Å². The van der Waals surface area contributed by atoms with Gasteiger partial charge in [0.1, 0.15) is 21.1 Å². The van der Waals surface area contributed by atoms with Gasteiger partial charge in [0.25, 0.3) is 0 Å². The molecule has 13 heteroatoms. The second-order valence-electron chi connectivity index (χ2n) is 9.88. The average Bonchev–Trinajstić information content (AvgIpc) is 3.08. The minimum Gasteiger partial charge on any atom is -0.442 e. The quantitative estimate of drug-likeness (QED) is 0.371. The molecule has 37 heavy (non-hydrogen) atoms. The molecule has 0 aliphatic rings. The monoisotopic (exact) mass is 604 g/mol. The maximum atomic E-state index is 12.9. The Labute approximate surface area is 225 Å². The van der Waals surface area contributed by atoms with Crippen LogP contribution in [0.5, 0.6) is 0 Å². The number of nitrogens with one attached hydrogen (secondary N) is 1. The van der Waals surface area contributed by atoms with E-state index in [2.05, 4.69) is 26.3 Å². The average molecular weight is 605 g/mol. The van der Waals surface area contributed by atoms with Crippen molar-refractivity contribution in [2.45, 2.75) is 77.8 Å². The summed E-state index contributed by atoms with van der Waals surface area (Å²) in [5.74, 6) is 0. The number of aromatic nitrogens is 1. The molecule has 0 unspecified atom stereocenters. The minimum absolute atomic E-state index is 0.130. The molecule has 0 saturated carbocycles. The number of amides is 2. The smallest absolute Gasteiger partial charge is 0.429 e. The van der Waals surface area contributed by atoms with Crippen LogP contribution in [0.25, 0.3) is 0 Å². The lowest BCUT2D eigenvalue weighted by atomic mass is 10.0. The summed E-state index contributed by atoms with van der Waals surface area (Å²) >= 11 is 4.51. The van der Waals surface area contributed by atoms with Crippen molar-refractivity contribution in [3.05, 3.63) is 49.9 Å². The fraction of sp³-hybridized carbons (Fsp3) is 0.500. The summed E-state index contributed by atoms with van der Waals surface area (Å²) in [5, 5.41) is 10.6. The summed E-state index contributed by atoms with van der Waals surface area (Å²) in [6.07, 6.45) is -5.92. The highest BCUT2D eigenvalue weighted by Crippen LogP contribution is 2.30. The summed E-state index contributed by atoms with van der Waals surface area (Å²) in [6, 6.07) is 5.81. The molecule has 0 bridgehead atoms. The van der Waals surface area contributed by atoms with Crippen molar-refractivity contribution in [1.82, 2.24) is 15.4 Å². The Balaban J connectivity index is 2.15. The van der Waals surface area contributed by atoms with E-state index in [1.807, 2.05) is 6.07 Å². The van der Waals surface area contributed by atoms with Crippen LogP contribution in [0.15, 0.2) is 28.1 Å². The van der Waals surface area contributed by atoms with Crippen LogP contribution >= 0.6 is 27.3 Å². The molecule has 1 atom stereocenters. The van der Waals surface area contributed by atoms with Crippen LogP contribution in [0.3, 0.4) is 0 Å². The first-order valence-electron chi connectivity index (χ1n) is 11.1. The lowest BCUT2D eigenvalue weighted by Crippen LogP contribution is -2.54. The predicted octanol–water partition coefficient (Wildman–Crippen LogP) is 6.63. The van der Waals surface area contributed by atoms with E-state index in [-0.39, 0.29) is 18.5 Å². The summed E-state index contributed by atoms with van der Waals surface area (Å²) in [6.45, 7) is 9.89. The van der Waals surface area contributed by atoms with Gasteiger partial charge < -0.3 is 9.47 Å². The molecule has 0 aliphatic heterocycles. The van der Waals surface area contributed by atoms with E-state index in [0.29, 0.717) is 14.4 Å². The number of carbonyl (C=O) groups is 2. The molecule has 0 aliphatic carbocycles. The number of hydrogen-bond donors (Lipinski definition) is 1. The van der Waals surface area contributed by atoms with E-state index in [4.69, 9.17) is 14.7 Å². The number of rotatable bonds is 6. The number of hydrogen-bond acceptors (Lipinski definition) is 7. The standard InChI is InChI=1S/C24H28BrF3N4O4S/c1-14(11-15-7-9-16(10-8-15)24(26,27)28)32(21(34)36-22(2,3)4)31-20(33)35-23(5,6)12-18-30-17(13-29)19(25)37-18/h7-10,14H,11-12H2,1-6H3,(H,31,33)/t14-/m0/s1. The van der Waals surface area contributed by atoms with E-state index < -0.39 is 41.2 Å². The molecule has 2 aromatic rings. The van der Waals surface area contributed by atoms with Gasteiger partial charge in [0.2, 0.25) is 0 Å². The third kappa shape index (κ3) is 9.51. The number of thiazole rings is 1. The summed E-state index contributed by atoms with van der Waals surface area (Å²) in [7, 11) is 0. The Hall–Kier alpha value is -2.85. The molecule has 1 aromatic carbocycles. The van der Waals surface area contributed by atoms with Gasteiger partial charge in [0.15, 0.2) is 5.69 Å². The summed E-state index contributed by atoms with van der Waals surface area (Å²) in [5.41, 5.74) is 0.447. The lowest BCUT2D eigenvalue weighted by molar-refractivity contribution is -0.137. The molecule has 1 aromatic heterocycles. The van der Waals surface area contributed by atoms with E-state index in [0.717, 1.165) is 17.1 Å². The second-order valence-corrected chi connectivity index (χ2v) is 12.3. The maximum absolute atomic E-state index is 12.9. The fourth-order valence-corrected chi connectivity index (χ4v) is 4.86. The first-order valence-corrected chi connectivity index (χ1v) is 12.7. The lowest BCUT2D eigenvalue weighted by Gasteiger charge is -2.33. The van der Waals surface area contributed by atoms with E-state index in [1.165, 1.54) is 23.5 Å².